The van der Waals surface area contributed by atoms with Crippen LogP contribution in [0.5, 0.6) is 0 Å². The number of anilines is 1. The molecule has 0 atom stereocenters. The summed E-state index contributed by atoms with van der Waals surface area (Å²) in [6, 6.07) is 0. The van der Waals surface area contributed by atoms with E-state index in [9.17, 15) is 14.4 Å². The Morgan fingerprint density at radius 2 is 1.67 bits per heavy atom. The van der Waals surface area contributed by atoms with Gasteiger partial charge in [-0.3, -0.25) is 9.59 Å². The van der Waals surface area contributed by atoms with Gasteiger partial charge in [0.05, 0.1) is 0 Å². The SMILES string of the molecule is O=C(O)c1nccnc1N1C(=O)CC2(CCCC2)CC1=O. The molecular weight excluding hydrogens is 274 g/mol. The summed E-state index contributed by atoms with van der Waals surface area (Å²) in [5.74, 6) is -2.24. The standard InChI is InChI=1S/C14H15N3O4/c18-9-7-14(3-1-2-4-14)8-10(19)17(9)12-11(13(20)21)15-5-6-16-12/h5-6H,1-4,7-8H2,(H,20,21). The molecule has 1 saturated heterocycles. The molecule has 110 valence electrons. The van der Waals surface area contributed by atoms with Crippen molar-refractivity contribution in [1.29, 1.82) is 0 Å². The molecular formula is C14H15N3O4. The van der Waals surface area contributed by atoms with Gasteiger partial charge in [0, 0.05) is 25.2 Å². The number of aromatic carboxylic acids is 1. The van der Waals surface area contributed by atoms with E-state index in [1.54, 1.807) is 0 Å². The molecule has 2 heterocycles. The summed E-state index contributed by atoms with van der Waals surface area (Å²) in [7, 11) is 0. The van der Waals surface area contributed by atoms with Crippen LogP contribution in [0.25, 0.3) is 0 Å². The lowest BCUT2D eigenvalue weighted by Gasteiger charge is -2.36. The first kappa shape index (κ1) is 13.7. The molecule has 2 aliphatic rings. The van der Waals surface area contributed by atoms with Crippen LogP contribution in [-0.2, 0) is 9.59 Å². The zero-order valence-electron chi connectivity index (χ0n) is 11.4. The van der Waals surface area contributed by atoms with Crippen LogP contribution in [0, 0.1) is 5.41 Å². The van der Waals surface area contributed by atoms with Crippen LogP contribution in [0.1, 0.15) is 49.0 Å². The van der Waals surface area contributed by atoms with Crippen molar-refractivity contribution < 1.29 is 19.5 Å². The van der Waals surface area contributed by atoms with Gasteiger partial charge in [0.15, 0.2) is 11.5 Å². The first-order valence-electron chi connectivity index (χ1n) is 6.93. The van der Waals surface area contributed by atoms with Gasteiger partial charge in [-0.2, -0.15) is 0 Å². The molecule has 2 fully saturated rings. The van der Waals surface area contributed by atoms with Crippen LogP contribution >= 0.6 is 0 Å². The molecule has 7 nitrogen and oxygen atoms in total. The zero-order chi connectivity index (χ0) is 15.0. The fourth-order valence-electron chi connectivity index (χ4n) is 3.36. The Labute approximate surface area is 121 Å². The second-order valence-corrected chi connectivity index (χ2v) is 5.72. The van der Waals surface area contributed by atoms with Crippen molar-refractivity contribution in [2.75, 3.05) is 4.90 Å². The highest BCUT2D eigenvalue weighted by molar-refractivity contribution is 6.18. The van der Waals surface area contributed by atoms with Crippen LogP contribution in [0.3, 0.4) is 0 Å². The topological polar surface area (TPSA) is 100 Å². The van der Waals surface area contributed by atoms with Crippen LogP contribution in [0.15, 0.2) is 12.4 Å². The van der Waals surface area contributed by atoms with Crippen molar-refractivity contribution in [3.63, 3.8) is 0 Å². The Balaban J connectivity index is 1.95. The average Bonchev–Trinajstić information content (AvgIpc) is 2.86. The summed E-state index contributed by atoms with van der Waals surface area (Å²) in [5.41, 5.74) is -0.599. The minimum Gasteiger partial charge on any atom is -0.476 e. The number of rotatable bonds is 2. The highest BCUT2D eigenvalue weighted by atomic mass is 16.4. The number of hydrogen-bond donors (Lipinski definition) is 1. The molecule has 0 radical (unpaired) electrons. The van der Waals surface area contributed by atoms with Gasteiger partial charge in [-0.1, -0.05) is 12.8 Å². The minimum atomic E-state index is -1.31. The zero-order valence-corrected chi connectivity index (χ0v) is 11.4. The molecule has 1 spiro atoms. The molecule has 3 rings (SSSR count). The molecule has 0 bridgehead atoms. The first-order chi connectivity index (χ1) is 10.0. The number of carboxylic acid groups (broad SMARTS) is 1. The van der Waals surface area contributed by atoms with Crippen LogP contribution in [-0.4, -0.2) is 32.9 Å². The number of carbonyl (C=O) groups is 3. The van der Waals surface area contributed by atoms with E-state index in [0.717, 1.165) is 30.6 Å². The highest BCUT2D eigenvalue weighted by Gasteiger charge is 2.46. The van der Waals surface area contributed by atoms with Crippen molar-refractivity contribution in [3.8, 4) is 0 Å². The second-order valence-electron chi connectivity index (χ2n) is 5.72. The number of nitrogens with zero attached hydrogens (tertiary/aromatic N) is 3. The van der Waals surface area contributed by atoms with Gasteiger partial charge >= 0.3 is 5.97 Å². The van der Waals surface area contributed by atoms with Gasteiger partial charge in [-0.25, -0.2) is 19.7 Å². The van der Waals surface area contributed by atoms with E-state index in [2.05, 4.69) is 9.97 Å². The molecule has 1 saturated carbocycles. The third-order valence-electron chi connectivity index (χ3n) is 4.31. The molecule has 21 heavy (non-hydrogen) atoms. The summed E-state index contributed by atoms with van der Waals surface area (Å²) in [4.78, 5) is 44.4. The molecule has 1 aromatic rings. The summed E-state index contributed by atoms with van der Waals surface area (Å²) < 4.78 is 0. The lowest BCUT2D eigenvalue weighted by Crippen LogP contribution is -2.48. The number of aromatic nitrogens is 2. The molecule has 0 aromatic carbocycles. The van der Waals surface area contributed by atoms with Crippen LogP contribution < -0.4 is 4.90 Å². The largest absolute Gasteiger partial charge is 0.476 e. The number of carboxylic acids is 1. The Hall–Kier alpha value is -2.31. The van der Waals surface area contributed by atoms with E-state index in [-0.39, 0.29) is 41.6 Å². The number of carbonyl (C=O) groups excluding carboxylic acids is 2. The van der Waals surface area contributed by atoms with Crippen molar-refractivity contribution in [3.05, 3.63) is 18.1 Å². The van der Waals surface area contributed by atoms with Crippen molar-refractivity contribution in [2.24, 2.45) is 5.41 Å². The van der Waals surface area contributed by atoms with Gasteiger partial charge in [-0.05, 0) is 18.3 Å². The quantitative estimate of drug-likeness (QED) is 0.826. The Bertz CT molecular complexity index is 602. The molecule has 0 unspecified atom stereocenters. The summed E-state index contributed by atoms with van der Waals surface area (Å²) in [6.07, 6.45) is 6.88. The van der Waals surface area contributed by atoms with E-state index < -0.39 is 5.97 Å². The van der Waals surface area contributed by atoms with Gasteiger partial charge in [0.2, 0.25) is 11.8 Å². The normalized spacial score (nSPS) is 21.0. The summed E-state index contributed by atoms with van der Waals surface area (Å²) in [5, 5.41) is 9.12. The van der Waals surface area contributed by atoms with Crippen molar-refractivity contribution in [2.45, 2.75) is 38.5 Å². The maximum atomic E-state index is 12.4. The summed E-state index contributed by atoms with van der Waals surface area (Å²) >= 11 is 0. The molecule has 2 amide bonds. The fraction of sp³-hybridized carbons (Fsp3) is 0.500. The second kappa shape index (κ2) is 4.91. The van der Waals surface area contributed by atoms with Crippen molar-refractivity contribution >= 4 is 23.6 Å². The lowest BCUT2D eigenvalue weighted by molar-refractivity contribution is -0.133. The molecule has 1 aromatic heterocycles. The molecule has 1 N–H and O–H groups in total. The Morgan fingerprint density at radius 3 is 2.24 bits per heavy atom. The molecule has 1 aliphatic heterocycles. The van der Waals surface area contributed by atoms with E-state index in [0.29, 0.717) is 0 Å². The Kier molecular flexibility index (Phi) is 3.19. The van der Waals surface area contributed by atoms with Gasteiger partial charge in [-0.15, -0.1) is 0 Å². The van der Waals surface area contributed by atoms with Crippen molar-refractivity contribution in [1.82, 2.24) is 9.97 Å². The van der Waals surface area contributed by atoms with Gasteiger partial charge < -0.3 is 5.11 Å². The van der Waals surface area contributed by atoms with Gasteiger partial charge in [0.25, 0.3) is 0 Å². The predicted octanol–water partition coefficient (Wildman–Crippen LogP) is 1.39. The average molecular weight is 289 g/mol. The molecule has 1 aliphatic carbocycles. The van der Waals surface area contributed by atoms with E-state index in [1.807, 2.05) is 0 Å². The van der Waals surface area contributed by atoms with Crippen LogP contribution in [0.4, 0.5) is 5.82 Å². The Morgan fingerprint density at radius 1 is 1.10 bits per heavy atom. The maximum Gasteiger partial charge on any atom is 0.358 e. The van der Waals surface area contributed by atoms with E-state index in [4.69, 9.17) is 5.11 Å². The number of hydrogen-bond acceptors (Lipinski definition) is 5. The fourth-order valence-corrected chi connectivity index (χ4v) is 3.36. The third kappa shape index (κ3) is 2.28. The predicted molar refractivity (Wildman–Crippen MR) is 71.6 cm³/mol. The van der Waals surface area contributed by atoms with Gasteiger partial charge in [0.1, 0.15) is 0 Å². The smallest absolute Gasteiger partial charge is 0.358 e. The van der Waals surface area contributed by atoms with E-state index in [1.165, 1.54) is 12.4 Å². The summed E-state index contributed by atoms with van der Waals surface area (Å²) in [6.45, 7) is 0. The number of amides is 2. The monoisotopic (exact) mass is 289 g/mol. The molecule has 7 heteroatoms. The van der Waals surface area contributed by atoms with E-state index >= 15 is 0 Å². The number of piperidine rings is 1. The minimum absolute atomic E-state index is 0.173. The highest BCUT2D eigenvalue weighted by Crippen LogP contribution is 2.47. The lowest BCUT2D eigenvalue weighted by atomic mass is 9.76. The first-order valence-corrected chi connectivity index (χ1v) is 6.93. The number of imide groups is 1. The van der Waals surface area contributed by atoms with Crippen LogP contribution in [0.2, 0.25) is 0 Å². The maximum absolute atomic E-state index is 12.4. The third-order valence-corrected chi connectivity index (χ3v) is 4.31.